The molecule has 2 aliphatic heterocycles. The predicted molar refractivity (Wildman–Crippen MR) is 122 cm³/mol. The molecule has 0 saturated carbocycles. The predicted octanol–water partition coefficient (Wildman–Crippen LogP) is 2.75. The molecule has 2 heterocycles. The maximum atomic E-state index is 6.21. The quantitative estimate of drug-likeness (QED) is 0.546. The van der Waals surface area contributed by atoms with E-state index < -0.39 is 0 Å². The maximum Gasteiger partial charge on any atom is 0.191 e. The molecule has 0 aromatic heterocycles. The Morgan fingerprint density at radius 2 is 2.00 bits per heavy atom. The molecule has 1 aromatic carbocycles. The lowest BCUT2D eigenvalue weighted by atomic mass is 10.0. The van der Waals surface area contributed by atoms with Gasteiger partial charge in [0.25, 0.3) is 0 Å². The van der Waals surface area contributed by atoms with Gasteiger partial charge < -0.3 is 20.3 Å². The molecular formula is C22H36ClN5O. The molecule has 2 fully saturated rings. The van der Waals surface area contributed by atoms with E-state index in [0.29, 0.717) is 5.92 Å². The first-order valence-corrected chi connectivity index (χ1v) is 11.1. The van der Waals surface area contributed by atoms with Crippen LogP contribution in [-0.2, 0) is 4.74 Å². The highest BCUT2D eigenvalue weighted by Gasteiger charge is 2.28. The van der Waals surface area contributed by atoms with E-state index in [1.54, 1.807) is 0 Å². The molecule has 2 N–H and O–H groups in total. The summed E-state index contributed by atoms with van der Waals surface area (Å²) in [6, 6.07) is 6.15. The van der Waals surface area contributed by atoms with Crippen molar-refractivity contribution >= 4 is 23.2 Å². The first-order chi connectivity index (χ1) is 13.9. The van der Waals surface area contributed by atoms with E-state index in [9.17, 15) is 0 Å². The average molecular weight is 422 g/mol. The van der Waals surface area contributed by atoms with Crippen LogP contribution in [0.25, 0.3) is 0 Å². The zero-order chi connectivity index (χ0) is 20.9. The van der Waals surface area contributed by atoms with Gasteiger partial charge in [0.1, 0.15) is 0 Å². The fourth-order valence-corrected chi connectivity index (χ4v) is 4.35. The number of guanidine groups is 1. The standard InChI is InChI=1S/C22H36ClN5O/c1-17-5-6-19(23)13-20(17)27-8-7-18(15-27)14-25-21(24-4)26-16-22(2,3)28-9-11-29-12-10-28/h5-6,13,18H,7-12,14-16H2,1-4H3,(H2,24,25,26). The Kier molecular flexibility index (Phi) is 7.66. The Morgan fingerprint density at radius 1 is 1.24 bits per heavy atom. The minimum Gasteiger partial charge on any atom is -0.379 e. The van der Waals surface area contributed by atoms with Crippen LogP contribution < -0.4 is 15.5 Å². The topological polar surface area (TPSA) is 52.1 Å². The highest BCUT2D eigenvalue weighted by atomic mass is 35.5. The zero-order valence-corrected chi connectivity index (χ0v) is 19.1. The molecular weight excluding hydrogens is 386 g/mol. The van der Waals surface area contributed by atoms with Crippen molar-refractivity contribution in [2.45, 2.75) is 32.7 Å². The van der Waals surface area contributed by atoms with Crippen molar-refractivity contribution < 1.29 is 4.74 Å². The van der Waals surface area contributed by atoms with E-state index >= 15 is 0 Å². The van der Waals surface area contributed by atoms with Gasteiger partial charge in [0.2, 0.25) is 0 Å². The zero-order valence-electron chi connectivity index (χ0n) is 18.3. The summed E-state index contributed by atoms with van der Waals surface area (Å²) >= 11 is 6.21. The fourth-order valence-electron chi connectivity index (χ4n) is 4.18. The maximum absolute atomic E-state index is 6.21. The van der Waals surface area contributed by atoms with Crippen LogP contribution in [0.5, 0.6) is 0 Å². The van der Waals surface area contributed by atoms with Crippen molar-refractivity contribution in [3.05, 3.63) is 28.8 Å². The molecule has 7 heteroatoms. The molecule has 0 bridgehead atoms. The molecule has 0 radical (unpaired) electrons. The van der Waals surface area contributed by atoms with Crippen molar-refractivity contribution in [3.63, 3.8) is 0 Å². The summed E-state index contributed by atoms with van der Waals surface area (Å²) in [5.41, 5.74) is 2.61. The Hall–Kier alpha value is -1.50. The Balaban J connectivity index is 1.45. The molecule has 29 heavy (non-hydrogen) atoms. The highest BCUT2D eigenvalue weighted by Crippen LogP contribution is 2.29. The Bertz CT molecular complexity index is 702. The first-order valence-electron chi connectivity index (χ1n) is 10.7. The first kappa shape index (κ1) is 22.2. The summed E-state index contributed by atoms with van der Waals surface area (Å²) in [6.45, 7) is 14.2. The lowest BCUT2D eigenvalue weighted by Crippen LogP contribution is -2.56. The van der Waals surface area contributed by atoms with E-state index in [4.69, 9.17) is 16.3 Å². The molecule has 0 spiro atoms. The van der Waals surface area contributed by atoms with Gasteiger partial charge in [0, 0.05) is 62.6 Å². The molecule has 1 unspecified atom stereocenters. The van der Waals surface area contributed by atoms with Crippen LogP contribution >= 0.6 is 11.6 Å². The number of anilines is 1. The number of hydrogen-bond donors (Lipinski definition) is 2. The molecule has 1 aromatic rings. The van der Waals surface area contributed by atoms with Gasteiger partial charge in [-0.1, -0.05) is 17.7 Å². The van der Waals surface area contributed by atoms with Gasteiger partial charge in [-0.3, -0.25) is 9.89 Å². The van der Waals surface area contributed by atoms with Crippen LogP contribution in [0, 0.1) is 12.8 Å². The van der Waals surface area contributed by atoms with Gasteiger partial charge >= 0.3 is 0 Å². The molecule has 162 valence electrons. The van der Waals surface area contributed by atoms with Crippen LogP contribution in [0.3, 0.4) is 0 Å². The second-order valence-corrected chi connectivity index (χ2v) is 9.19. The third-order valence-electron chi connectivity index (χ3n) is 6.14. The van der Waals surface area contributed by atoms with E-state index in [1.165, 1.54) is 17.7 Å². The van der Waals surface area contributed by atoms with Crippen LogP contribution in [0.15, 0.2) is 23.2 Å². The van der Waals surface area contributed by atoms with Crippen LogP contribution in [0.1, 0.15) is 25.8 Å². The number of hydrogen-bond acceptors (Lipinski definition) is 4. The molecule has 2 saturated heterocycles. The van der Waals surface area contributed by atoms with Gasteiger partial charge in [-0.15, -0.1) is 0 Å². The van der Waals surface area contributed by atoms with E-state index in [1.807, 2.05) is 13.1 Å². The lowest BCUT2D eigenvalue weighted by molar-refractivity contribution is -0.00834. The summed E-state index contributed by atoms with van der Waals surface area (Å²) in [7, 11) is 1.84. The van der Waals surface area contributed by atoms with Crippen molar-refractivity contribution in [2.75, 3.05) is 64.4 Å². The van der Waals surface area contributed by atoms with E-state index in [0.717, 1.165) is 63.5 Å². The summed E-state index contributed by atoms with van der Waals surface area (Å²) in [5, 5.41) is 7.85. The summed E-state index contributed by atoms with van der Waals surface area (Å²) in [6.07, 6.45) is 1.18. The number of halogens is 1. The third kappa shape index (κ3) is 6.00. The average Bonchev–Trinajstić information content (AvgIpc) is 3.19. The molecule has 0 amide bonds. The number of ether oxygens (including phenoxy) is 1. The highest BCUT2D eigenvalue weighted by molar-refractivity contribution is 6.30. The summed E-state index contributed by atoms with van der Waals surface area (Å²) in [4.78, 5) is 9.36. The third-order valence-corrected chi connectivity index (χ3v) is 6.37. The minimum absolute atomic E-state index is 0.0651. The molecule has 3 rings (SSSR count). The van der Waals surface area contributed by atoms with Gasteiger partial charge in [0.15, 0.2) is 5.96 Å². The molecule has 2 aliphatic rings. The Morgan fingerprint density at radius 3 is 2.72 bits per heavy atom. The summed E-state index contributed by atoms with van der Waals surface area (Å²) < 4.78 is 5.48. The second kappa shape index (κ2) is 10.0. The van der Waals surface area contributed by atoms with E-state index in [2.05, 4.69) is 58.3 Å². The number of benzene rings is 1. The van der Waals surface area contributed by atoms with Crippen molar-refractivity contribution in [1.29, 1.82) is 0 Å². The van der Waals surface area contributed by atoms with Gasteiger partial charge in [-0.2, -0.15) is 0 Å². The Labute approximate surface area is 180 Å². The number of nitrogens with one attached hydrogen (secondary N) is 2. The van der Waals surface area contributed by atoms with Crippen molar-refractivity contribution in [2.24, 2.45) is 10.9 Å². The van der Waals surface area contributed by atoms with Gasteiger partial charge in [-0.05, 0) is 50.8 Å². The monoisotopic (exact) mass is 421 g/mol. The van der Waals surface area contributed by atoms with Crippen molar-refractivity contribution in [3.8, 4) is 0 Å². The normalized spacial score (nSPS) is 21.5. The van der Waals surface area contributed by atoms with Crippen LogP contribution in [0.2, 0.25) is 5.02 Å². The number of aliphatic imine (C=N–C) groups is 1. The van der Waals surface area contributed by atoms with Crippen LogP contribution in [-0.4, -0.2) is 75.9 Å². The SMILES string of the molecule is CN=C(NCC1CCN(c2cc(Cl)ccc2C)C1)NCC(C)(C)N1CCOCC1. The second-order valence-electron chi connectivity index (χ2n) is 8.75. The van der Waals surface area contributed by atoms with Crippen molar-refractivity contribution in [1.82, 2.24) is 15.5 Å². The molecule has 6 nitrogen and oxygen atoms in total. The molecule has 1 atom stereocenters. The lowest BCUT2D eigenvalue weighted by Gasteiger charge is -2.41. The fraction of sp³-hybridized carbons (Fsp3) is 0.682. The number of rotatable bonds is 6. The van der Waals surface area contributed by atoms with Gasteiger partial charge in [0.05, 0.1) is 13.2 Å². The van der Waals surface area contributed by atoms with E-state index in [-0.39, 0.29) is 5.54 Å². The minimum atomic E-state index is 0.0651. The smallest absolute Gasteiger partial charge is 0.191 e. The summed E-state index contributed by atoms with van der Waals surface area (Å²) in [5.74, 6) is 1.47. The number of nitrogens with zero attached hydrogens (tertiary/aromatic N) is 3. The number of morpholine rings is 1. The number of aryl methyl sites for hydroxylation is 1. The largest absolute Gasteiger partial charge is 0.379 e. The van der Waals surface area contributed by atoms with Gasteiger partial charge in [-0.25, -0.2) is 0 Å². The molecule has 0 aliphatic carbocycles. The van der Waals surface area contributed by atoms with Crippen LogP contribution in [0.4, 0.5) is 5.69 Å².